The molecule has 1 N–H and O–H groups in total. The maximum Gasteiger partial charge on any atom is 0.329 e. The number of hydrogen-bond acceptors (Lipinski definition) is 3. The van der Waals surface area contributed by atoms with Gasteiger partial charge in [-0.05, 0) is 54.8 Å². The van der Waals surface area contributed by atoms with Gasteiger partial charge in [0.15, 0.2) is 0 Å². The minimum Gasteiger partial charge on any atom is -0.489 e. The number of halogens is 2. The molecule has 5 nitrogen and oxygen atoms in total. The first-order valence-corrected chi connectivity index (χ1v) is 10.1. The lowest BCUT2D eigenvalue weighted by Gasteiger charge is -2.14. The molecule has 0 unspecified atom stereocenters. The van der Waals surface area contributed by atoms with Gasteiger partial charge in [0.2, 0.25) is 0 Å². The van der Waals surface area contributed by atoms with Gasteiger partial charge >= 0.3 is 6.03 Å². The molecular formula is C21H20BrClN2O3. The van der Waals surface area contributed by atoms with E-state index in [1.165, 1.54) is 4.90 Å². The van der Waals surface area contributed by atoms with Crippen LogP contribution in [0.3, 0.4) is 0 Å². The first kappa shape index (κ1) is 20.4. The predicted molar refractivity (Wildman–Crippen MR) is 113 cm³/mol. The highest BCUT2D eigenvalue weighted by molar-refractivity contribution is 9.10. The molecule has 0 bridgehead atoms. The van der Waals surface area contributed by atoms with E-state index in [-0.39, 0.29) is 24.3 Å². The van der Waals surface area contributed by atoms with Crippen molar-refractivity contribution in [2.75, 3.05) is 0 Å². The van der Waals surface area contributed by atoms with Crippen LogP contribution in [0.15, 0.2) is 52.6 Å². The summed E-state index contributed by atoms with van der Waals surface area (Å²) < 4.78 is 6.69. The average molecular weight is 464 g/mol. The van der Waals surface area contributed by atoms with Crippen LogP contribution in [0.1, 0.15) is 31.4 Å². The molecule has 2 aromatic rings. The van der Waals surface area contributed by atoms with Crippen LogP contribution in [-0.2, 0) is 11.3 Å². The zero-order chi connectivity index (χ0) is 20.3. The van der Waals surface area contributed by atoms with Crippen LogP contribution in [0.5, 0.6) is 5.75 Å². The summed E-state index contributed by atoms with van der Waals surface area (Å²) in [4.78, 5) is 26.0. The summed E-state index contributed by atoms with van der Waals surface area (Å²) in [5.41, 5.74) is 1.78. The number of ether oxygens (including phenoxy) is 1. The van der Waals surface area contributed by atoms with E-state index in [1.54, 1.807) is 24.3 Å². The molecule has 1 aliphatic rings. The standard InChI is InChI=1S/C21H20BrClN2O3/c1-3-13(2)28-19-9-6-15(10-17(19)23)11-18-20(26)25(21(27)24-18)12-14-4-7-16(22)8-5-14/h4-11,13H,3,12H2,1-2H3,(H,24,27)/b18-11+/t13-/m1/s1. The Balaban J connectivity index is 1.76. The lowest BCUT2D eigenvalue weighted by Crippen LogP contribution is -2.30. The smallest absolute Gasteiger partial charge is 0.329 e. The van der Waals surface area contributed by atoms with E-state index in [1.807, 2.05) is 38.1 Å². The first-order valence-electron chi connectivity index (χ1n) is 8.92. The highest BCUT2D eigenvalue weighted by Gasteiger charge is 2.33. The Labute approximate surface area is 177 Å². The molecule has 0 spiro atoms. The van der Waals surface area contributed by atoms with E-state index in [0.29, 0.717) is 16.3 Å². The van der Waals surface area contributed by atoms with Gasteiger partial charge in [0, 0.05) is 4.47 Å². The number of nitrogens with one attached hydrogen (secondary N) is 1. The fourth-order valence-electron chi connectivity index (χ4n) is 2.66. The molecule has 1 saturated heterocycles. The van der Waals surface area contributed by atoms with Crippen LogP contribution in [0, 0.1) is 0 Å². The molecule has 1 heterocycles. The summed E-state index contributed by atoms with van der Waals surface area (Å²) in [6.07, 6.45) is 2.54. The third-order valence-corrected chi connectivity index (χ3v) is 5.21. The van der Waals surface area contributed by atoms with Crippen molar-refractivity contribution < 1.29 is 14.3 Å². The van der Waals surface area contributed by atoms with Gasteiger partial charge in [-0.15, -0.1) is 0 Å². The Morgan fingerprint density at radius 1 is 1.21 bits per heavy atom. The van der Waals surface area contributed by atoms with Crippen LogP contribution in [-0.4, -0.2) is 22.9 Å². The quantitative estimate of drug-likeness (QED) is 0.463. The molecular weight excluding hydrogens is 444 g/mol. The minimum absolute atomic E-state index is 0.0598. The number of rotatable bonds is 6. The first-order chi connectivity index (χ1) is 13.4. The highest BCUT2D eigenvalue weighted by Crippen LogP contribution is 2.28. The van der Waals surface area contributed by atoms with Crippen LogP contribution in [0.2, 0.25) is 5.02 Å². The molecule has 7 heteroatoms. The fraction of sp³-hybridized carbons (Fsp3) is 0.238. The summed E-state index contributed by atoms with van der Waals surface area (Å²) in [5, 5.41) is 3.08. The van der Waals surface area contributed by atoms with Gasteiger partial charge in [-0.2, -0.15) is 0 Å². The molecule has 1 aliphatic heterocycles. The molecule has 146 valence electrons. The third kappa shape index (κ3) is 4.75. The molecule has 1 atom stereocenters. The van der Waals surface area contributed by atoms with Crippen molar-refractivity contribution in [3.8, 4) is 5.75 Å². The van der Waals surface area contributed by atoms with Crippen LogP contribution >= 0.6 is 27.5 Å². The van der Waals surface area contributed by atoms with Crippen LogP contribution in [0.25, 0.3) is 6.08 Å². The number of hydrogen-bond donors (Lipinski definition) is 1. The molecule has 28 heavy (non-hydrogen) atoms. The summed E-state index contributed by atoms with van der Waals surface area (Å²) in [6, 6.07) is 12.3. The number of nitrogens with zero attached hydrogens (tertiary/aromatic N) is 1. The summed E-state index contributed by atoms with van der Waals surface area (Å²) in [5.74, 6) is 0.223. The molecule has 3 amide bonds. The Kier molecular flexibility index (Phi) is 6.42. The Morgan fingerprint density at radius 3 is 2.57 bits per heavy atom. The van der Waals surface area contributed by atoms with E-state index >= 15 is 0 Å². The maximum atomic E-state index is 12.6. The van der Waals surface area contributed by atoms with Crippen molar-refractivity contribution in [1.82, 2.24) is 10.2 Å². The van der Waals surface area contributed by atoms with Crippen molar-refractivity contribution in [3.63, 3.8) is 0 Å². The number of carbonyl (C=O) groups is 2. The number of benzene rings is 2. The summed E-state index contributed by atoms with van der Waals surface area (Å²) >= 11 is 9.66. The van der Waals surface area contributed by atoms with Crippen molar-refractivity contribution >= 4 is 45.5 Å². The molecule has 0 saturated carbocycles. The average Bonchev–Trinajstić information content (AvgIpc) is 2.93. The summed E-state index contributed by atoms with van der Waals surface area (Å²) in [6.45, 7) is 4.21. The van der Waals surface area contributed by atoms with E-state index in [2.05, 4.69) is 21.2 Å². The molecule has 1 fully saturated rings. The minimum atomic E-state index is -0.443. The number of amides is 3. The zero-order valence-corrected chi connectivity index (χ0v) is 17.9. The van der Waals surface area contributed by atoms with Gasteiger partial charge in [-0.25, -0.2) is 4.79 Å². The van der Waals surface area contributed by atoms with Gasteiger partial charge in [0.1, 0.15) is 11.4 Å². The topological polar surface area (TPSA) is 58.6 Å². The number of imide groups is 1. The molecule has 3 rings (SSSR count). The normalized spacial score (nSPS) is 16.4. The molecule has 0 aromatic heterocycles. The summed E-state index contributed by atoms with van der Waals surface area (Å²) in [7, 11) is 0. The van der Waals surface area contributed by atoms with Crippen molar-refractivity contribution in [3.05, 3.63) is 68.8 Å². The van der Waals surface area contributed by atoms with Crippen LogP contribution in [0.4, 0.5) is 4.79 Å². The Hall–Kier alpha value is -2.31. The second-order valence-corrected chi connectivity index (χ2v) is 7.86. The Morgan fingerprint density at radius 2 is 1.93 bits per heavy atom. The van der Waals surface area contributed by atoms with E-state index in [9.17, 15) is 9.59 Å². The number of urea groups is 1. The van der Waals surface area contributed by atoms with Gasteiger partial charge < -0.3 is 10.1 Å². The van der Waals surface area contributed by atoms with Crippen molar-refractivity contribution in [2.24, 2.45) is 0 Å². The van der Waals surface area contributed by atoms with E-state index in [4.69, 9.17) is 16.3 Å². The SMILES string of the molecule is CC[C@@H](C)Oc1ccc(/C=C2/NC(=O)N(Cc3ccc(Br)cc3)C2=O)cc1Cl. The van der Waals surface area contributed by atoms with Crippen molar-refractivity contribution in [2.45, 2.75) is 32.9 Å². The second kappa shape index (κ2) is 8.80. The van der Waals surface area contributed by atoms with Gasteiger partial charge in [-0.3, -0.25) is 9.69 Å². The fourth-order valence-corrected chi connectivity index (χ4v) is 3.15. The second-order valence-electron chi connectivity index (χ2n) is 6.53. The van der Waals surface area contributed by atoms with Gasteiger partial charge in [0.05, 0.1) is 17.7 Å². The van der Waals surface area contributed by atoms with Gasteiger partial charge in [-0.1, -0.05) is 52.7 Å². The van der Waals surface area contributed by atoms with Gasteiger partial charge in [0.25, 0.3) is 5.91 Å². The van der Waals surface area contributed by atoms with E-state index in [0.717, 1.165) is 16.5 Å². The number of carbonyl (C=O) groups excluding carboxylic acids is 2. The maximum absolute atomic E-state index is 12.6. The predicted octanol–water partition coefficient (Wildman–Crippen LogP) is 5.37. The molecule has 0 radical (unpaired) electrons. The van der Waals surface area contributed by atoms with Crippen molar-refractivity contribution in [1.29, 1.82) is 0 Å². The Bertz CT molecular complexity index is 928. The van der Waals surface area contributed by atoms with E-state index < -0.39 is 6.03 Å². The largest absolute Gasteiger partial charge is 0.489 e. The highest BCUT2D eigenvalue weighted by atomic mass is 79.9. The molecule has 0 aliphatic carbocycles. The lowest BCUT2D eigenvalue weighted by atomic mass is 10.1. The third-order valence-electron chi connectivity index (χ3n) is 4.39. The lowest BCUT2D eigenvalue weighted by molar-refractivity contribution is -0.123. The molecule has 2 aromatic carbocycles. The zero-order valence-electron chi connectivity index (χ0n) is 15.5. The van der Waals surface area contributed by atoms with Crippen LogP contribution < -0.4 is 10.1 Å². The monoisotopic (exact) mass is 462 g/mol.